The van der Waals surface area contributed by atoms with Crippen LogP contribution in [-0.4, -0.2) is 0 Å². The van der Waals surface area contributed by atoms with Gasteiger partial charge in [0.2, 0.25) is 0 Å². The van der Waals surface area contributed by atoms with E-state index in [0.717, 1.165) is 17.1 Å². The maximum Gasteiger partial charge on any atom is 0.0540 e. The average Bonchev–Trinajstić information content (AvgIpc) is 3.74. The van der Waals surface area contributed by atoms with Crippen LogP contribution >= 0.6 is 22.7 Å². The molecule has 0 unspecified atom stereocenters. The van der Waals surface area contributed by atoms with E-state index in [9.17, 15) is 0 Å². The number of fused-ring (bicyclic) bond motifs is 7. The van der Waals surface area contributed by atoms with E-state index in [1.165, 1.54) is 73.4 Å². The van der Waals surface area contributed by atoms with Gasteiger partial charge in [-0.1, -0.05) is 121 Å². The Morgan fingerprint density at radius 2 is 0.898 bits per heavy atom. The van der Waals surface area contributed by atoms with Crippen LogP contribution in [0.25, 0.3) is 73.4 Å². The van der Waals surface area contributed by atoms with Crippen molar-refractivity contribution in [3.63, 3.8) is 0 Å². The molecule has 0 aliphatic rings. The van der Waals surface area contributed by atoms with Crippen LogP contribution in [0.2, 0.25) is 0 Å². The normalized spacial score (nSPS) is 11.7. The zero-order valence-electron chi connectivity index (χ0n) is 26.5. The molecule has 10 rings (SSSR count). The molecule has 10 aromatic rings. The second-order valence-electron chi connectivity index (χ2n) is 12.5. The minimum absolute atomic E-state index is 1.13. The summed E-state index contributed by atoms with van der Waals surface area (Å²) in [5.74, 6) is 0. The van der Waals surface area contributed by atoms with Crippen molar-refractivity contribution in [3.05, 3.63) is 176 Å². The molecule has 3 heteroatoms. The average molecular weight is 660 g/mol. The number of thiophene rings is 2. The highest BCUT2D eigenvalue weighted by Crippen LogP contribution is 2.43. The Morgan fingerprint density at radius 1 is 0.347 bits per heavy atom. The van der Waals surface area contributed by atoms with Gasteiger partial charge >= 0.3 is 0 Å². The summed E-state index contributed by atoms with van der Waals surface area (Å²) in [6.07, 6.45) is 0. The first-order valence-corrected chi connectivity index (χ1v) is 18.2. The molecule has 0 saturated heterocycles. The van der Waals surface area contributed by atoms with Crippen molar-refractivity contribution in [2.75, 3.05) is 4.90 Å². The van der Waals surface area contributed by atoms with Gasteiger partial charge in [-0.25, -0.2) is 0 Å². The van der Waals surface area contributed by atoms with Crippen LogP contribution in [0.15, 0.2) is 176 Å². The molecule has 230 valence electrons. The number of rotatable bonds is 5. The molecule has 0 saturated carbocycles. The zero-order chi connectivity index (χ0) is 32.3. The molecule has 0 N–H and O–H groups in total. The smallest absolute Gasteiger partial charge is 0.0540 e. The van der Waals surface area contributed by atoms with Gasteiger partial charge in [0.1, 0.15) is 0 Å². The van der Waals surface area contributed by atoms with Crippen molar-refractivity contribution < 1.29 is 0 Å². The van der Waals surface area contributed by atoms with E-state index in [0.29, 0.717) is 0 Å². The predicted molar refractivity (Wildman–Crippen MR) is 215 cm³/mol. The molecule has 0 aliphatic carbocycles. The molecule has 0 radical (unpaired) electrons. The topological polar surface area (TPSA) is 3.24 Å². The van der Waals surface area contributed by atoms with Gasteiger partial charge in [-0.15, -0.1) is 22.7 Å². The van der Waals surface area contributed by atoms with Gasteiger partial charge < -0.3 is 4.90 Å². The second kappa shape index (κ2) is 11.5. The van der Waals surface area contributed by atoms with Gasteiger partial charge in [0, 0.05) is 57.1 Å². The lowest BCUT2D eigenvalue weighted by Crippen LogP contribution is -2.10. The monoisotopic (exact) mass is 659 g/mol. The summed E-state index contributed by atoms with van der Waals surface area (Å²) in [7, 11) is 0. The van der Waals surface area contributed by atoms with Crippen molar-refractivity contribution in [1.29, 1.82) is 0 Å². The SMILES string of the molecule is c1ccc2c(N(c3ccc(-c4ccc5sc6ccccc6c5c4)cc3)c3ccc(-c4cccc5c4sc4ccccc45)cc3)cccc2c1. The minimum Gasteiger partial charge on any atom is -0.310 e. The molecule has 8 aromatic carbocycles. The highest BCUT2D eigenvalue weighted by Gasteiger charge is 2.17. The standard InChI is InChI=1S/C46H29NS2/c1-2-11-36-31(9-1)10-7-16-42(36)47(34-24-19-30(20-25-34)33-23-28-45-41(29-33)39-13-4-5-17-43(39)48-45)35-26-21-32(22-27-35)37-14-8-15-40-38-12-3-6-18-44(38)49-46(37)40/h1-29H. The fraction of sp³-hybridized carbons (Fsp3) is 0. The predicted octanol–water partition coefficient (Wildman–Crippen LogP) is 14.4. The first kappa shape index (κ1) is 28.3. The van der Waals surface area contributed by atoms with Crippen LogP contribution in [-0.2, 0) is 0 Å². The van der Waals surface area contributed by atoms with Crippen molar-refractivity contribution in [3.8, 4) is 22.3 Å². The first-order chi connectivity index (χ1) is 24.3. The summed E-state index contributed by atoms with van der Waals surface area (Å²) >= 11 is 3.74. The Labute approximate surface area is 292 Å². The molecule has 0 atom stereocenters. The van der Waals surface area contributed by atoms with E-state index in [2.05, 4.69) is 181 Å². The third kappa shape index (κ3) is 4.74. The van der Waals surface area contributed by atoms with E-state index in [1.807, 2.05) is 22.7 Å². The van der Waals surface area contributed by atoms with Crippen molar-refractivity contribution >= 4 is 90.9 Å². The number of nitrogens with zero attached hydrogens (tertiary/aromatic N) is 1. The number of hydrogen-bond donors (Lipinski definition) is 0. The first-order valence-electron chi connectivity index (χ1n) is 16.6. The molecular formula is C46H29NS2. The lowest BCUT2D eigenvalue weighted by atomic mass is 10.0. The Balaban J connectivity index is 1.08. The fourth-order valence-electron chi connectivity index (χ4n) is 7.30. The van der Waals surface area contributed by atoms with Crippen molar-refractivity contribution in [1.82, 2.24) is 0 Å². The molecule has 0 bridgehead atoms. The van der Waals surface area contributed by atoms with Crippen LogP contribution in [0.1, 0.15) is 0 Å². The maximum atomic E-state index is 2.39. The number of hydrogen-bond acceptors (Lipinski definition) is 3. The largest absolute Gasteiger partial charge is 0.310 e. The third-order valence-electron chi connectivity index (χ3n) is 9.68. The Kier molecular flexibility index (Phi) is 6.61. The Morgan fingerprint density at radius 3 is 1.67 bits per heavy atom. The van der Waals surface area contributed by atoms with E-state index in [-0.39, 0.29) is 0 Å². The van der Waals surface area contributed by atoms with Crippen LogP contribution < -0.4 is 4.90 Å². The lowest BCUT2D eigenvalue weighted by Gasteiger charge is -2.27. The summed E-state index contributed by atoms with van der Waals surface area (Å²) in [6, 6.07) is 64.4. The van der Waals surface area contributed by atoms with Gasteiger partial charge in [-0.2, -0.15) is 0 Å². The Bertz CT molecular complexity index is 2820. The van der Waals surface area contributed by atoms with Gasteiger partial charge in [-0.05, 0) is 82.2 Å². The summed E-state index contributed by atoms with van der Waals surface area (Å²) in [6.45, 7) is 0. The highest BCUT2D eigenvalue weighted by molar-refractivity contribution is 7.26. The van der Waals surface area contributed by atoms with Crippen LogP contribution in [0.4, 0.5) is 17.1 Å². The van der Waals surface area contributed by atoms with Crippen LogP contribution in [0, 0.1) is 0 Å². The molecule has 0 amide bonds. The highest BCUT2D eigenvalue weighted by atomic mass is 32.1. The quantitative estimate of drug-likeness (QED) is 0.178. The molecule has 2 heterocycles. The minimum atomic E-state index is 1.13. The molecule has 2 aromatic heterocycles. The van der Waals surface area contributed by atoms with Crippen molar-refractivity contribution in [2.45, 2.75) is 0 Å². The van der Waals surface area contributed by atoms with Crippen molar-refractivity contribution in [2.24, 2.45) is 0 Å². The van der Waals surface area contributed by atoms with Crippen LogP contribution in [0.3, 0.4) is 0 Å². The van der Waals surface area contributed by atoms with Gasteiger partial charge in [0.15, 0.2) is 0 Å². The summed E-state index contributed by atoms with van der Waals surface area (Å²) < 4.78 is 5.33. The summed E-state index contributed by atoms with van der Waals surface area (Å²) in [5, 5.41) is 7.76. The summed E-state index contributed by atoms with van der Waals surface area (Å²) in [4.78, 5) is 2.39. The zero-order valence-corrected chi connectivity index (χ0v) is 28.1. The Hall–Kier alpha value is -5.74. The van der Waals surface area contributed by atoms with Crippen LogP contribution in [0.5, 0.6) is 0 Å². The third-order valence-corrected chi connectivity index (χ3v) is 12.1. The van der Waals surface area contributed by atoms with Gasteiger partial charge in [0.25, 0.3) is 0 Å². The van der Waals surface area contributed by atoms with Gasteiger partial charge in [-0.3, -0.25) is 0 Å². The molecule has 0 aliphatic heterocycles. The van der Waals surface area contributed by atoms with E-state index < -0.39 is 0 Å². The fourth-order valence-corrected chi connectivity index (χ4v) is 9.63. The van der Waals surface area contributed by atoms with E-state index >= 15 is 0 Å². The lowest BCUT2D eigenvalue weighted by molar-refractivity contribution is 1.30. The number of anilines is 3. The molecule has 0 spiro atoms. The molecule has 49 heavy (non-hydrogen) atoms. The van der Waals surface area contributed by atoms with E-state index in [4.69, 9.17) is 0 Å². The molecule has 0 fully saturated rings. The number of benzene rings is 8. The van der Waals surface area contributed by atoms with Gasteiger partial charge in [0.05, 0.1) is 5.69 Å². The summed E-state index contributed by atoms with van der Waals surface area (Å²) in [5.41, 5.74) is 8.37. The molecular weight excluding hydrogens is 631 g/mol. The van der Waals surface area contributed by atoms with E-state index in [1.54, 1.807) is 0 Å². The maximum absolute atomic E-state index is 2.39. The second-order valence-corrected chi connectivity index (χ2v) is 14.7. The molecule has 1 nitrogen and oxygen atoms in total.